The lowest BCUT2D eigenvalue weighted by atomic mass is 9.72. The summed E-state index contributed by atoms with van der Waals surface area (Å²) in [6.45, 7) is 5.48. The highest BCUT2D eigenvalue weighted by atomic mass is 19.1. The van der Waals surface area contributed by atoms with Gasteiger partial charge in [0.15, 0.2) is 0 Å². The van der Waals surface area contributed by atoms with E-state index >= 15 is 0 Å². The van der Waals surface area contributed by atoms with E-state index in [-0.39, 0.29) is 18.1 Å². The fraction of sp³-hybridized carbons (Fsp3) is 0.632. The second-order valence-corrected chi connectivity index (χ2v) is 7.67. The van der Waals surface area contributed by atoms with Crippen LogP contribution in [0.25, 0.3) is 0 Å². The molecule has 1 aliphatic rings. The van der Waals surface area contributed by atoms with E-state index in [0.717, 1.165) is 0 Å². The van der Waals surface area contributed by atoms with Gasteiger partial charge in [-0.05, 0) is 68.1 Å². The normalized spacial score (nSPS) is 22.3. The molecule has 1 aliphatic carbocycles. The Morgan fingerprint density at radius 1 is 1.38 bits per heavy atom. The van der Waals surface area contributed by atoms with E-state index < -0.39 is 24.0 Å². The molecule has 0 spiro atoms. The van der Waals surface area contributed by atoms with E-state index in [1.165, 1.54) is 6.07 Å². The third kappa shape index (κ3) is 3.52. The van der Waals surface area contributed by atoms with Crippen LogP contribution in [0.2, 0.25) is 6.32 Å². The van der Waals surface area contributed by atoms with Crippen molar-refractivity contribution in [2.45, 2.75) is 70.1 Å². The predicted octanol–water partition coefficient (Wildman–Crippen LogP) is 2.57. The van der Waals surface area contributed by atoms with Crippen molar-refractivity contribution in [1.29, 1.82) is 0 Å². The van der Waals surface area contributed by atoms with E-state index in [0.29, 0.717) is 48.8 Å². The van der Waals surface area contributed by atoms with Gasteiger partial charge in [0.25, 0.3) is 0 Å². The standard InChI is InChI=1S/C19H29BFNO4/c1-4-19(22,5-2)15-11-14-12(10-16(15)21)9-13(7-6-8-20(25)26)18(14,3)17(23)24/h10-11,13,25-26H,4-9,22H2,1-3H3,(H,23,24)/t13-,18-/m0/s1. The van der Waals surface area contributed by atoms with Crippen molar-refractivity contribution in [3.8, 4) is 0 Å². The van der Waals surface area contributed by atoms with Gasteiger partial charge >= 0.3 is 13.1 Å². The molecule has 7 heteroatoms. The second-order valence-electron chi connectivity index (χ2n) is 7.67. The summed E-state index contributed by atoms with van der Waals surface area (Å²) in [6.07, 6.45) is 2.80. The van der Waals surface area contributed by atoms with Crippen LogP contribution in [0, 0.1) is 11.7 Å². The van der Waals surface area contributed by atoms with Gasteiger partial charge in [0.1, 0.15) is 5.82 Å². The molecule has 5 N–H and O–H groups in total. The lowest BCUT2D eigenvalue weighted by Crippen LogP contribution is -2.39. The van der Waals surface area contributed by atoms with Crippen molar-refractivity contribution >= 4 is 13.1 Å². The number of nitrogens with two attached hydrogens (primary N) is 1. The highest BCUT2D eigenvalue weighted by molar-refractivity contribution is 6.40. The first-order chi connectivity index (χ1) is 12.1. The Kier molecular flexibility index (Phi) is 6.15. The first kappa shape index (κ1) is 20.9. The lowest BCUT2D eigenvalue weighted by molar-refractivity contribution is -0.145. The zero-order valence-corrected chi connectivity index (χ0v) is 15.8. The van der Waals surface area contributed by atoms with Gasteiger partial charge in [-0.15, -0.1) is 0 Å². The van der Waals surface area contributed by atoms with Crippen molar-refractivity contribution in [1.82, 2.24) is 0 Å². The van der Waals surface area contributed by atoms with Crippen LogP contribution in [0.15, 0.2) is 12.1 Å². The summed E-state index contributed by atoms with van der Waals surface area (Å²) in [5.74, 6) is -1.55. The molecule has 0 heterocycles. The van der Waals surface area contributed by atoms with Crippen molar-refractivity contribution < 1.29 is 24.3 Å². The number of aliphatic carboxylic acids is 1. The topological polar surface area (TPSA) is 104 Å². The first-order valence-corrected chi connectivity index (χ1v) is 9.31. The second kappa shape index (κ2) is 7.67. The Hall–Kier alpha value is -1.44. The van der Waals surface area contributed by atoms with Crippen LogP contribution in [0.3, 0.4) is 0 Å². The van der Waals surface area contributed by atoms with Crippen LogP contribution in [0.1, 0.15) is 63.1 Å². The third-order valence-electron chi connectivity index (χ3n) is 6.29. The van der Waals surface area contributed by atoms with Gasteiger partial charge in [-0.3, -0.25) is 4.79 Å². The minimum Gasteiger partial charge on any atom is -0.481 e. The zero-order valence-electron chi connectivity index (χ0n) is 15.8. The molecular weight excluding hydrogens is 336 g/mol. The molecule has 0 saturated carbocycles. The summed E-state index contributed by atoms with van der Waals surface area (Å²) in [4.78, 5) is 12.2. The van der Waals surface area contributed by atoms with Crippen LogP contribution in [-0.2, 0) is 22.2 Å². The third-order valence-corrected chi connectivity index (χ3v) is 6.29. The Morgan fingerprint density at radius 2 is 2.00 bits per heavy atom. The average Bonchev–Trinajstić information content (AvgIpc) is 2.86. The van der Waals surface area contributed by atoms with E-state index in [1.54, 1.807) is 13.0 Å². The fourth-order valence-electron chi connectivity index (χ4n) is 4.20. The van der Waals surface area contributed by atoms with E-state index in [9.17, 15) is 14.3 Å². The van der Waals surface area contributed by atoms with Crippen LogP contribution >= 0.6 is 0 Å². The van der Waals surface area contributed by atoms with Gasteiger partial charge in [-0.1, -0.05) is 20.3 Å². The van der Waals surface area contributed by atoms with Crippen LogP contribution in [-0.4, -0.2) is 28.2 Å². The number of rotatable bonds is 8. The predicted molar refractivity (Wildman–Crippen MR) is 99.3 cm³/mol. The average molecular weight is 365 g/mol. The van der Waals surface area contributed by atoms with Crippen LogP contribution in [0.4, 0.5) is 4.39 Å². The fourth-order valence-corrected chi connectivity index (χ4v) is 4.20. The largest absolute Gasteiger partial charge is 0.481 e. The molecule has 0 amide bonds. The van der Waals surface area contributed by atoms with Gasteiger partial charge in [0, 0.05) is 11.1 Å². The summed E-state index contributed by atoms with van der Waals surface area (Å²) in [7, 11) is -1.40. The zero-order chi connectivity index (χ0) is 19.7. The molecule has 2 rings (SSSR count). The van der Waals surface area contributed by atoms with Crippen molar-refractivity contribution in [2.75, 3.05) is 0 Å². The quantitative estimate of drug-likeness (QED) is 0.530. The van der Waals surface area contributed by atoms with E-state index in [1.807, 2.05) is 13.8 Å². The first-order valence-electron chi connectivity index (χ1n) is 9.31. The van der Waals surface area contributed by atoms with E-state index in [4.69, 9.17) is 15.8 Å². The summed E-state index contributed by atoms with van der Waals surface area (Å²) < 4.78 is 14.8. The number of fused-ring (bicyclic) bond motifs is 1. The Labute approximate surface area is 154 Å². The van der Waals surface area contributed by atoms with Crippen molar-refractivity contribution in [2.24, 2.45) is 11.7 Å². The molecule has 2 atom stereocenters. The van der Waals surface area contributed by atoms with Crippen molar-refractivity contribution in [3.05, 3.63) is 34.6 Å². The summed E-state index contributed by atoms with van der Waals surface area (Å²) in [5, 5.41) is 28.0. The number of carbonyl (C=O) groups is 1. The highest BCUT2D eigenvalue weighted by Crippen LogP contribution is 2.47. The highest BCUT2D eigenvalue weighted by Gasteiger charge is 2.49. The van der Waals surface area contributed by atoms with E-state index in [2.05, 4.69) is 0 Å². The molecule has 5 nitrogen and oxygen atoms in total. The molecule has 144 valence electrons. The molecular formula is C19H29BFNO4. The maximum atomic E-state index is 14.8. The number of benzene rings is 1. The number of hydrogen-bond acceptors (Lipinski definition) is 4. The maximum Gasteiger partial charge on any atom is 0.451 e. The molecule has 0 saturated heterocycles. The smallest absolute Gasteiger partial charge is 0.451 e. The summed E-state index contributed by atoms with van der Waals surface area (Å²) >= 11 is 0. The Morgan fingerprint density at radius 3 is 2.50 bits per heavy atom. The minimum absolute atomic E-state index is 0.194. The number of carboxylic acids is 1. The molecule has 1 aromatic rings. The minimum atomic E-state index is -1.40. The molecule has 26 heavy (non-hydrogen) atoms. The Balaban J connectivity index is 2.46. The molecule has 0 fully saturated rings. The van der Waals surface area contributed by atoms with Gasteiger partial charge in [-0.25, -0.2) is 4.39 Å². The lowest BCUT2D eigenvalue weighted by Gasteiger charge is -2.31. The molecule has 1 aromatic carbocycles. The molecule has 0 unspecified atom stereocenters. The molecule has 0 aliphatic heterocycles. The monoisotopic (exact) mass is 365 g/mol. The molecule has 0 radical (unpaired) electrons. The van der Waals surface area contributed by atoms with Gasteiger partial charge in [0.2, 0.25) is 0 Å². The Bertz CT molecular complexity index is 678. The molecule has 0 aromatic heterocycles. The maximum absolute atomic E-state index is 14.8. The van der Waals surface area contributed by atoms with Gasteiger partial charge in [-0.2, -0.15) is 0 Å². The van der Waals surface area contributed by atoms with Crippen LogP contribution in [0.5, 0.6) is 0 Å². The van der Waals surface area contributed by atoms with Crippen LogP contribution < -0.4 is 5.73 Å². The molecule has 0 bridgehead atoms. The summed E-state index contributed by atoms with van der Waals surface area (Å²) in [6, 6.07) is 3.10. The number of hydrogen-bond donors (Lipinski definition) is 4. The van der Waals surface area contributed by atoms with Gasteiger partial charge < -0.3 is 20.9 Å². The number of carboxylic acid groups (broad SMARTS) is 1. The van der Waals surface area contributed by atoms with Gasteiger partial charge in [0.05, 0.1) is 5.41 Å². The number of halogens is 1. The van der Waals surface area contributed by atoms with Crippen molar-refractivity contribution in [3.63, 3.8) is 0 Å². The SMILES string of the molecule is CCC(N)(CC)c1cc2c(cc1F)C[C@H](CCCB(O)O)[C@]2(C)C(=O)O. The summed E-state index contributed by atoms with van der Waals surface area (Å²) in [5.41, 5.74) is 6.14.